The van der Waals surface area contributed by atoms with Crippen LogP contribution in [0.25, 0.3) is 0 Å². The van der Waals surface area contributed by atoms with E-state index < -0.39 is 0 Å². The van der Waals surface area contributed by atoms with Gasteiger partial charge in [0.05, 0.1) is 0 Å². The summed E-state index contributed by atoms with van der Waals surface area (Å²) in [6.07, 6.45) is 9.58. The Balaban J connectivity index is 0.00000200. The molecule has 118 valence electrons. The van der Waals surface area contributed by atoms with Gasteiger partial charge in [-0.05, 0) is 50.0 Å². The Hall–Kier alpha value is -0.280. The minimum atomic E-state index is 0. The number of hydrogen-bond acceptors (Lipinski definition) is 2. The molecule has 1 aliphatic heterocycles. The highest BCUT2D eigenvalue weighted by molar-refractivity contribution is 5.85. The van der Waals surface area contributed by atoms with Crippen molar-refractivity contribution in [2.75, 3.05) is 13.1 Å². The molecule has 0 radical (unpaired) electrons. The first-order valence-electron chi connectivity index (χ1n) is 8.10. The van der Waals surface area contributed by atoms with E-state index in [4.69, 9.17) is 0 Å². The molecular weight excluding hydrogens is 272 g/mol. The van der Waals surface area contributed by atoms with Gasteiger partial charge in [0, 0.05) is 19.0 Å². The molecule has 1 amide bonds. The fraction of sp³-hybridized carbons (Fsp3) is 0.938. The topological polar surface area (TPSA) is 41.1 Å². The molecule has 0 aromatic carbocycles. The van der Waals surface area contributed by atoms with Gasteiger partial charge in [-0.3, -0.25) is 4.79 Å². The van der Waals surface area contributed by atoms with Crippen LogP contribution in [-0.2, 0) is 4.79 Å². The molecular formula is C16H31ClN2O. The van der Waals surface area contributed by atoms with Gasteiger partial charge in [0.25, 0.3) is 0 Å². The Bertz CT molecular complexity index is 295. The number of carbonyl (C=O) groups is 1. The first-order valence-corrected chi connectivity index (χ1v) is 8.10. The summed E-state index contributed by atoms with van der Waals surface area (Å²) in [6.45, 7) is 6.57. The molecule has 2 aliphatic rings. The molecule has 1 atom stereocenters. The summed E-state index contributed by atoms with van der Waals surface area (Å²) >= 11 is 0. The molecule has 2 rings (SSSR count). The van der Waals surface area contributed by atoms with Crippen molar-refractivity contribution in [2.45, 2.75) is 71.3 Å². The molecule has 0 aromatic rings. The van der Waals surface area contributed by atoms with Gasteiger partial charge in [-0.25, -0.2) is 0 Å². The maximum atomic E-state index is 12.0. The minimum Gasteiger partial charge on any atom is -0.355 e. The number of nitrogens with one attached hydrogen (secondary N) is 2. The van der Waals surface area contributed by atoms with Crippen molar-refractivity contribution < 1.29 is 4.79 Å². The van der Waals surface area contributed by atoms with Crippen molar-refractivity contribution >= 4 is 18.3 Å². The third kappa shape index (κ3) is 5.25. The summed E-state index contributed by atoms with van der Waals surface area (Å²) < 4.78 is 0. The first-order chi connectivity index (χ1) is 9.10. The van der Waals surface area contributed by atoms with Gasteiger partial charge >= 0.3 is 0 Å². The van der Waals surface area contributed by atoms with Gasteiger partial charge in [0.1, 0.15) is 0 Å². The van der Waals surface area contributed by atoms with Crippen LogP contribution in [-0.4, -0.2) is 25.0 Å². The molecule has 2 N–H and O–H groups in total. The van der Waals surface area contributed by atoms with E-state index >= 15 is 0 Å². The van der Waals surface area contributed by atoms with Crippen LogP contribution in [0.4, 0.5) is 0 Å². The monoisotopic (exact) mass is 302 g/mol. The third-order valence-corrected chi connectivity index (χ3v) is 4.76. The van der Waals surface area contributed by atoms with Crippen molar-refractivity contribution in [2.24, 2.45) is 11.3 Å². The lowest BCUT2D eigenvalue weighted by Crippen LogP contribution is -2.39. The second kappa shape index (κ2) is 8.23. The summed E-state index contributed by atoms with van der Waals surface area (Å²) in [5.74, 6) is 0.973. The molecule has 4 heteroatoms. The quantitative estimate of drug-likeness (QED) is 0.790. The van der Waals surface area contributed by atoms with Crippen LogP contribution < -0.4 is 10.6 Å². The molecule has 1 aliphatic carbocycles. The van der Waals surface area contributed by atoms with Gasteiger partial charge in [-0.15, -0.1) is 12.4 Å². The van der Waals surface area contributed by atoms with Crippen molar-refractivity contribution in [3.05, 3.63) is 0 Å². The standard InChI is InChI=1S/C16H30N2O.ClH/c1-13(2)11-16(7-3-4-8-16)12-18-15(19)10-14-6-5-9-17-14;/h13-14,17H,3-12H2,1-2H3,(H,18,19);1H. The van der Waals surface area contributed by atoms with Crippen LogP contribution in [0.1, 0.15) is 65.2 Å². The number of rotatable bonds is 6. The third-order valence-electron chi connectivity index (χ3n) is 4.76. The van der Waals surface area contributed by atoms with E-state index in [1.807, 2.05) is 0 Å². The van der Waals surface area contributed by atoms with Crippen LogP contribution in [0, 0.1) is 11.3 Å². The fourth-order valence-corrected chi connectivity index (χ4v) is 3.96. The average Bonchev–Trinajstić information content (AvgIpc) is 2.98. The Labute approximate surface area is 130 Å². The Morgan fingerprint density at radius 1 is 1.30 bits per heavy atom. The highest BCUT2D eigenvalue weighted by Gasteiger charge is 2.34. The molecule has 1 saturated carbocycles. The van der Waals surface area contributed by atoms with E-state index in [9.17, 15) is 4.79 Å². The maximum Gasteiger partial charge on any atom is 0.221 e. The van der Waals surface area contributed by atoms with Crippen LogP contribution >= 0.6 is 12.4 Å². The largest absolute Gasteiger partial charge is 0.355 e. The second-order valence-corrected chi connectivity index (χ2v) is 7.08. The molecule has 3 nitrogen and oxygen atoms in total. The first kappa shape index (κ1) is 17.8. The lowest BCUT2D eigenvalue weighted by atomic mass is 9.78. The van der Waals surface area contributed by atoms with E-state index in [0.717, 1.165) is 25.4 Å². The highest BCUT2D eigenvalue weighted by Crippen LogP contribution is 2.42. The minimum absolute atomic E-state index is 0. The average molecular weight is 303 g/mol. The molecule has 1 unspecified atom stereocenters. The zero-order valence-corrected chi connectivity index (χ0v) is 13.9. The van der Waals surface area contributed by atoms with E-state index in [0.29, 0.717) is 17.9 Å². The Morgan fingerprint density at radius 2 is 2.00 bits per heavy atom. The summed E-state index contributed by atoms with van der Waals surface area (Å²) in [7, 11) is 0. The van der Waals surface area contributed by atoms with Gasteiger partial charge in [-0.2, -0.15) is 0 Å². The highest BCUT2D eigenvalue weighted by atomic mass is 35.5. The molecule has 0 bridgehead atoms. The van der Waals surface area contributed by atoms with E-state index in [2.05, 4.69) is 24.5 Å². The van der Waals surface area contributed by atoms with Crippen LogP contribution in [0.3, 0.4) is 0 Å². The molecule has 20 heavy (non-hydrogen) atoms. The van der Waals surface area contributed by atoms with Crippen LogP contribution in [0.5, 0.6) is 0 Å². The lowest BCUT2D eigenvalue weighted by molar-refractivity contribution is -0.122. The molecule has 1 heterocycles. The summed E-state index contributed by atoms with van der Waals surface area (Å²) in [5.41, 5.74) is 0.396. The molecule has 0 spiro atoms. The Kier molecular flexibility index (Phi) is 7.32. The van der Waals surface area contributed by atoms with Crippen molar-refractivity contribution in [1.82, 2.24) is 10.6 Å². The summed E-state index contributed by atoms with van der Waals surface area (Å²) in [6, 6.07) is 0.421. The van der Waals surface area contributed by atoms with E-state index in [1.165, 1.54) is 38.5 Å². The number of hydrogen-bond donors (Lipinski definition) is 2. The zero-order valence-electron chi connectivity index (χ0n) is 13.0. The fourth-order valence-electron chi connectivity index (χ4n) is 3.96. The van der Waals surface area contributed by atoms with Crippen LogP contribution in [0.2, 0.25) is 0 Å². The Morgan fingerprint density at radius 3 is 2.55 bits per heavy atom. The molecule has 2 fully saturated rings. The predicted molar refractivity (Wildman–Crippen MR) is 86.3 cm³/mol. The van der Waals surface area contributed by atoms with Gasteiger partial charge in [0.2, 0.25) is 5.91 Å². The zero-order chi connectivity index (χ0) is 13.7. The number of amides is 1. The summed E-state index contributed by atoms with van der Waals surface area (Å²) in [5, 5.41) is 6.62. The smallest absolute Gasteiger partial charge is 0.221 e. The van der Waals surface area contributed by atoms with Crippen molar-refractivity contribution in [1.29, 1.82) is 0 Å². The van der Waals surface area contributed by atoms with Crippen LogP contribution in [0.15, 0.2) is 0 Å². The van der Waals surface area contributed by atoms with Gasteiger partial charge in [0.15, 0.2) is 0 Å². The number of carbonyl (C=O) groups excluding carboxylic acids is 1. The lowest BCUT2D eigenvalue weighted by Gasteiger charge is -2.31. The van der Waals surface area contributed by atoms with Crippen molar-refractivity contribution in [3.63, 3.8) is 0 Å². The number of halogens is 1. The summed E-state index contributed by atoms with van der Waals surface area (Å²) in [4.78, 5) is 12.0. The molecule has 1 saturated heterocycles. The van der Waals surface area contributed by atoms with E-state index in [-0.39, 0.29) is 18.3 Å². The van der Waals surface area contributed by atoms with Gasteiger partial charge < -0.3 is 10.6 Å². The van der Waals surface area contributed by atoms with Gasteiger partial charge in [-0.1, -0.05) is 26.7 Å². The normalized spacial score (nSPS) is 24.6. The SMILES string of the molecule is CC(C)CC1(CNC(=O)CC2CCCN2)CCCC1.Cl. The second-order valence-electron chi connectivity index (χ2n) is 7.08. The predicted octanol–water partition coefficient (Wildman–Crippen LogP) is 3.27. The van der Waals surface area contributed by atoms with E-state index in [1.54, 1.807) is 0 Å². The maximum absolute atomic E-state index is 12.0. The van der Waals surface area contributed by atoms with Crippen molar-refractivity contribution in [3.8, 4) is 0 Å². The molecule has 0 aromatic heterocycles.